The lowest BCUT2D eigenvalue weighted by molar-refractivity contribution is 0.628. The summed E-state index contributed by atoms with van der Waals surface area (Å²) in [6.07, 6.45) is 0. The Morgan fingerprint density at radius 3 is 2.33 bits per heavy atom. The number of hydrogen-bond acceptors (Lipinski definition) is 0. The molecule has 0 unspecified atom stereocenters. The fourth-order valence-corrected chi connectivity index (χ4v) is 0.637. The molecule has 0 aromatic heterocycles. The van der Waals surface area contributed by atoms with Crippen molar-refractivity contribution in [2.75, 3.05) is 0 Å². The molecule has 0 saturated carbocycles. The number of rotatable bonds is 0. The molecule has 50 valence electrons. The van der Waals surface area contributed by atoms with Gasteiger partial charge in [-0.1, -0.05) is 17.7 Å². The minimum absolute atomic E-state index is 0. The van der Waals surface area contributed by atoms with Crippen LogP contribution in [0.15, 0.2) is 24.3 Å². The molecule has 1 aromatic rings. The van der Waals surface area contributed by atoms with Crippen LogP contribution in [0.25, 0.3) is 0 Å². The molecule has 0 fully saturated rings. The largest absolute Gasteiger partial charge is 0.207 e. The first-order chi connectivity index (χ1) is 3.79. The highest BCUT2D eigenvalue weighted by Crippen LogP contribution is 2.07. The SMILES string of the molecule is Cl.Fc1cccc(Cl)c1. The van der Waals surface area contributed by atoms with Crippen LogP contribution in [0, 0.1) is 5.82 Å². The van der Waals surface area contributed by atoms with Crippen molar-refractivity contribution in [3.05, 3.63) is 35.1 Å². The Labute approximate surface area is 64.1 Å². The summed E-state index contributed by atoms with van der Waals surface area (Å²) in [5.74, 6) is -0.294. The van der Waals surface area contributed by atoms with E-state index in [0.29, 0.717) is 5.02 Å². The molecule has 0 N–H and O–H groups in total. The van der Waals surface area contributed by atoms with Crippen molar-refractivity contribution in [3.8, 4) is 0 Å². The van der Waals surface area contributed by atoms with Crippen molar-refractivity contribution in [2.45, 2.75) is 0 Å². The lowest BCUT2D eigenvalue weighted by atomic mass is 10.4. The van der Waals surface area contributed by atoms with Crippen LogP contribution in [0.2, 0.25) is 5.02 Å². The number of benzene rings is 1. The van der Waals surface area contributed by atoms with Crippen molar-refractivity contribution in [1.82, 2.24) is 0 Å². The van der Waals surface area contributed by atoms with Gasteiger partial charge in [-0.05, 0) is 18.2 Å². The molecule has 0 spiro atoms. The van der Waals surface area contributed by atoms with Crippen LogP contribution in [0.1, 0.15) is 0 Å². The van der Waals surface area contributed by atoms with E-state index in [9.17, 15) is 4.39 Å². The van der Waals surface area contributed by atoms with Crippen LogP contribution in [-0.2, 0) is 0 Å². The molecule has 1 aromatic carbocycles. The van der Waals surface area contributed by atoms with Gasteiger partial charge >= 0.3 is 0 Å². The smallest absolute Gasteiger partial charge is 0.124 e. The standard InChI is InChI=1S/C6H4ClF.ClH/c7-5-2-1-3-6(8)4-5;/h1-4H;1H. The average molecular weight is 167 g/mol. The van der Waals surface area contributed by atoms with E-state index in [1.807, 2.05) is 0 Å². The van der Waals surface area contributed by atoms with Gasteiger partial charge in [0.15, 0.2) is 0 Å². The highest BCUT2D eigenvalue weighted by atomic mass is 35.5. The van der Waals surface area contributed by atoms with Gasteiger partial charge in [0.05, 0.1) is 0 Å². The van der Waals surface area contributed by atoms with Crippen LogP contribution >= 0.6 is 24.0 Å². The molecule has 0 radical (unpaired) electrons. The molecular formula is C6H5Cl2F. The summed E-state index contributed by atoms with van der Waals surface area (Å²) in [5.41, 5.74) is 0. The minimum atomic E-state index is -0.294. The first-order valence-electron chi connectivity index (χ1n) is 2.20. The molecule has 1 rings (SSSR count). The average Bonchev–Trinajstić information content (AvgIpc) is 1.64. The Bertz CT molecular complexity index is 171. The third-order valence-corrected chi connectivity index (χ3v) is 1.02. The van der Waals surface area contributed by atoms with Crippen molar-refractivity contribution in [2.24, 2.45) is 0 Å². The van der Waals surface area contributed by atoms with E-state index >= 15 is 0 Å². The summed E-state index contributed by atoms with van der Waals surface area (Å²) in [6.45, 7) is 0. The first-order valence-corrected chi connectivity index (χ1v) is 2.58. The summed E-state index contributed by atoms with van der Waals surface area (Å²) >= 11 is 5.40. The molecule has 0 heterocycles. The predicted octanol–water partition coefficient (Wildman–Crippen LogP) is 2.90. The molecule has 0 aliphatic rings. The molecule has 9 heavy (non-hydrogen) atoms. The van der Waals surface area contributed by atoms with Gasteiger partial charge in [-0.2, -0.15) is 0 Å². The summed E-state index contributed by atoms with van der Waals surface area (Å²) < 4.78 is 12.1. The van der Waals surface area contributed by atoms with Gasteiger partial charge in [0.2, 0.25) is 0 Å². The van der Waals surface area contributed by atoms with E-state index in [4.69, 9.17) is 11.6 Å². The van der Waals surface area contributed by atoms with Crippen molar-refractivity contribution in [3.63, 3.8) is 0 Å². The normalized spacial score (nSPS) is 8.22. The van der Waals surface area contributed by atoms with Crippen molar-refractivity contribution < 1.29 is 4.39 Å². The highest BCUT2D eigenvalue weighted by Gasteiger charge is 1.86. The first kappa shape index (κ1) is 8.73. The van der Waals surface area contributed by atoms with Crippen LogP contribution in [0.5, 0.6) is 0 Å². The second kappa shape index (κ2) is 3.70. The van der Waals surface area contributed by atoms with Crippen LogP contribution in [-0.4, -0.2) is 0 Å². The second-order valence-corrected chi connectivity index (χ2v) is 1.88. The second-order valence-electron chi connectivity index (χ2n) is 1.44. The third-order valence-electron chi connectivity index (χ3n) is 0.787. The topological polar surface area (TPSA) is 0 Å². The van der Waals surface area contributed by atoms with Crippen LogP contribution in [0.3, 0.4) is 0 Å². The van der Waals surface area contributed by atoms with Crippen LogP contribution < -0.4 is 0 Å². The summed E-state index contributed by atoms with van der Waals surface area (Å²) in [7, 11) is 0. The molecule has 0 bridgehead atoms. The van der Waals surface area contributed by atoms with Gasteiger partial charge in [-0.25, -0.2) is 4.39 Å². The summed E-state index contributed by atoms with van der Waals surface area (Å²) in [4.78, 5) is 0. The van der Waals surface area contributed by atoms with E-state index in [1.165, 1.54) is 12.1 Å². The summed E-state index contributed by atoms with van der Waals surface area (Å²) in [5, 5.41) is 0.435. The van der Waals surface area contributed by atoms with Gasteiger partial charge in [0.1, 0.15) is 5.82 Å². The van der Waals surface area contributed by atoms with Crippen molar-refractivity contribution in [1.29, 1.82) is 0 Å². The van der Waals surface area contributed by atoms with E-state index in [0.717, 1.165) is 0 Å². The Morgan fingerprint density at radius 1 is 1.33 bits per heavy atom. The van der Waals surface area contributed by atoms with Gasteiger partial charge < -0.3 is 0 Å². The van der Waals surface area contributed by atoms with E-state index in [2.05, 4.69) is 0 Å². The zero-order valence-electron chi connectivity index (χ0n) is 4.47. The molecule has 3 heteroatoms. The fourth-order valence-electron chi connectivity index (χ4n) is 0.460. The minimum Gasteiger partial charge on any atom is -0.207 e. The monoisotopic (exact) mass is 166 g/mol. The Hall–Kier alpha value is -0.270. The number of hydrogen-bond donors (Lipinski definition) is 0. The van der Waals surface area contributed by atoms with Gasteiger partial charge in [0, 0.05) is 5.02 Å². The van der Waals surface area contributed by atoms with Gasteiger partial charge in [-0.3, -0.25) is 0 Å². The third kappa shape index (κ3) is 2.68. The fraction of sp³-hybridized carbons (Fsp3) is 0. The predicted molar refractivity (Wildman–Crippen MR) is 38.7 cm³/mol. The summed E-state index contributed by atoms with van der Waals surface area (Å²) in [6, 6.07) is 5.82. The van der Waals surface area contributed by atoms with E-state index in [1.54, 1.807) is 12.1 Å². The van der Waals surface area contributed by atoms with Crippen LogP contribution in [0.4, 0.5) is 4.39 Å². The maximum atomic E-state index is 12.1. The molecule has 0 amide bonds. The Kier molecular flexibility index (Phi) is 3.59. The highest BCUT2D eigenvalue weighted by molar-refractivity contribution is 6.30. The Morgan fingerprint density at radius 2 is 2.00 bits per heavy atom. The van der Waals surface area contributed by atoms with Gasteiger partial charge in [0.25, 0.3) is 0 Å². The lowest BCUT2D eigenvalue weighted by Crippen LogP contribution is -1.68. The van der Waals surface area contributed by atoms with E-state index < -0.39 is 0 Å². The number of halogens is 3. The van der Waals surface area contributed by atoms with Crippen molar-refractivity contribution >= 4 is 24.0 Å². The Balaban J connectivity index is 0.000000640. The molecule has 0 nitrogen and oxygen atoms in total. The van der Waals surface area contributed by atoms with E-state index in [-0.39, 0.29) is 18.2 Å². The maximum Gasteiger partial charge on any atom is 0.124 e. The van der Waals surface area contributed by atoms with Gasteiger partial charge in [-0.15, -0.1) is 12.4 Å². The molecule has 0 atom stereocenters. The molecule has 0 aliphatic carbocycles. The lowest BCUT2D eigenvalue weighted by Gasteiger charge is -1.85. The zero-order chi connectivity index (χ0) is 5.98. The maximum absolute atomic E-state index is 12.1. The quantitative estimate of drug-likeness (QED) is 0.557. The molecule has 0 saturated heterocycles. The molecule has 0 aliphatic heterocycles. The molecular weight excluding hydrogens is 162 g/mol. The zero-order valence-corrected chi connectivity index (χ0v) is 6.05.